The van der Waals surface area contributed by atoms with Gasteiger partial charge in [0.05, 0.1) is 17.8 Å². The quantitative estimate of drug-likeness (QED) is 0.778. The van der Waals surface area contributed by atoms with Gasteiger partial charge >= 0.3 is 5.97 Å². The third kappa shape index (κ3) is 3.99. The van der Waals surface area contributed by atoms with Gasteiger partial charge in [0, 0.05) is 0 Å². The second kappa shape index (κ2) is 5.98. The van der Waals surface area contributed by atoms with E-state index >= 15 is 0 Å². The van der Waals surface area contributed by atoms with Crippen molar-refractivity contribution in [2.45, 2.75) is 45.5 Å². The van der Waals surface area contributed by atoms with Crippen LogP contribution in [0, 0.1) is 0 Å². The summed E-state index contributed by atoms with van der Waals surface area (Å²) >= 11 is 1.39. The van der Waals surface area contributed by atoms with E-state index in [1.165, 1.54) is 11.3 Å². The van der Waals surface area contributed by atoms with E-state index in [0.29, 0.717) is 11.5 Å². The summed E-state index contributed by atoms with van der Waals surface area (Å²) in [6.45, 7) is 6.43. The molecular weight excluding hydrogens is 266 g/mol. The maximum atomic E-state index is 11.8. The third-order valence-corrected chi connectivity index (χ3v) is 3.72. The summed E-state index contributed by atoms with van der Waals surface area (Å²) in [7, 11) is 0. The molecule has 1 aromatic heterocycles. The highest BCUT2D eigenvalue weighted by Crippen LogP contribution is 2.23. The summed E-state index contributed by atoms with van der Waals surface area (Å²) in [5.41, 5.74) is 0. The molecule has 1 atom stereocenters. The number of nitrogens with zero attached hydrogens (tertiary/aromatic N) is 1. The molecule has 6 heteroatoms. The lowest BCUT2D eigenvalue weighted by Crippen LogP contribution is -2.25. The molecule has 0 amide bonds. The molecule has 2 heterocycles. The van der Waals surface area contributed by atoms with Gasteiger partial charge in [0.15, 0.2) is 5.79 Å². The van der Waals surface area contributed by atoms with Gasteiger partial charge in [-0.2, -0.15) is 0 Å². The molecule has 106 valence electrons. The SMILES string of the molecule is CCCc1ncc(C(=O)OCC2COC(C)(C)O2)s1. The number of hydrogen-bond donors (Lipinski definition) is 0. The lowest BCUT2D eigenvalue weighted by atomic mass is 10.4. The van der Waals surface area contributed by atoms with E-state index in [-0.39, 0.29) is 18.7 Å². The number of aryl methyl sites for hydroxylation is 1. The molecule has 1 fully saturated rings. The highest BCUT2D eigenvalue weighted by atomic mass is 32.1. The van der Waals surface area contributed by atoms with E-state index in [1.807, 2.05) is 13.8 Å². The van der Waals surface area contributed by atoms with Crippen LogP contribution in [-0.2, 0) is 20.6 Å². The van der Waals surface area contributed by atoms with Gasteiger partial charge in [0.1, 0.15) is 17.6 Å². The van der Waals surface area contributed by atoms with Crippen LogP contribution in [0.1, 0.15) is 41.9 Å². The number of carbonyl (C=O) groups excluding carboxylic acids is 1. The van der Waals surface area contributed by atoms with Crippen molar-refractivity contribution in [1.29, 1.82) is 0 Å². The number of ether oxygens (including phenoxy) is 3. The topological polar surface area (TPSA) is 57.7 Å². The Bertz CT molecular complexity index is 444. The number of aromatic nitrogens is 1. The van der Waals surface area contributed by atoms with Crippen molar-refractivity contribution in [2.24, 2.45) is 0 Å². The first kappa shape index (κ1) is 14.4. The fourth-order valence-electron chi connectivity index (χ4n) is 1.82. The first-order valence-corrected chi connectivity index (χ1v) is 7.25. The Kier molecular flexibility index (Phi) is 4.54. The Morgan fingerprint density at radius 1 is 1.63 bits per heavy atom. The first-order valence-electron chi connectivity index (χ1n) is 6.44. The van der Waals surface area contributed by atoms with Gasteiger partial charge in [-0.05, 0) is 26.7 Å². The van der Waals surface area contributed by atoms with Crippen molar-refractivity contribution in [3.8, 4) is 0 Å². The minimum absolute atomic E-state index is 0.193. The predicted octanol–water partition coefficient (Wildman–Crippen LogP) is 2.40. The summed E-state index contributed by atoms with van der Waals surface area (Å²) in [4.78, 5) is 16.6. The van der Waals surface area contributed by atoms with Crippen LogP contribution in [0.15, 0.2) is 6.20 Å². The van der Waals surface area contributed by atoms with Crippen LogP contribution < -0.4 is 0 Å². The normalized spacial score (nSPS) is 21.5. The molecule has 1 saturated heterocycles. The van der Waals surface area contributed by atoms with Crippen molar-refractivity contribution in [3.05, 3.63) is 16.1 Å². The number of hydrogen-bond acceptors (Lipinski definition) is 6. The Balaban J connectivity index is 1.81. The van der Waals surface area contributed by atoms with Gasteiger partial charge in [0.2, 0.25) is 0 Å². The standard InChI is InChI=1S/C13H19NO4S/c1-4-5-11-14-6-10(19-11)12(15)16-7-9-8-17-13(2,3)18-9/h6,9H,4-5,7-8H2,1-3H3. The van der Waals surface area contributed by atoms with E-state index in [9.17, 15) is 4.79 Å². The number of rotatable bonds is 5. The molecule has 0 spiro atoms. The maximum absolute atomic E-state index is 11.8. The molecule has 5 nitrogen and oxygen atoms in total. The van der Waals surface area contributed by atoms with Crippen molar-refractivity contribution in [2.75, 3.05) is 13.2 Å². The fraction of sp³-hybridized carbons (Fsp3) is 0.692. The molecule has 2 rings (SSSR count). The van der Waals surface area contributed by atoms with Crippen molar-refractivity contribution in [1.82, 2.24) is 4.98 Å². The Morgan fingerprint density at radius 3 is 3.05 bits per heavy atom. The van der Waals surface area contributed by atoms with Crippen LogP contribution in [-0.4, -0.2) is 36.1 Å². The molecule has 0 radical (unpaired) electrons. The first-order chi connectivity index (χ1) is 9.00. The van der Waals surface area contributed by atoms with Crippen LogP contribution in [0.2, 0.25) is 0 Å². The van der Waals surface area contributed by atoms with Crippen LogP contribution in [0.4, 0.5) is 0 Å². The monoisotopic (exact) mass is 285 g/mol. The van der Waals surface area contributed by atoms with E-state index < -0.39 is 5.79 Å². The van der Waals surface area contributed by atoms with Gasteiger partial charge in [-0.1, -0.05) is 6.92 Å². The van der Waals surface area contributed by atoms with Gasteiger partial charge in [-0.25, -0.2) is 9.78 Å². The number of esters is 1. The van der Waals surface area contributed by atoms with E-state index in [1.54, 1.807) is 6.20 Å². The second-order valence-electron chi connectivity index (χ2n) is 4.92. The highest BCUT2D eigenvalue weighted by Gasteiger charge is 2.33. The lowest BCUT2D eigenvalue weighted by Gasteiger charge is -2.16. The Labute approximate surface area is 116 Å². The van der Waals surface area contributed by atoms with Gasteiger partial charge in [-0.3, -0.25) is 0 Å². The summed E-state index contributed by atoms with van der Waals surface area (Å²) in [6, 6.07) is 0. The average Bonchev–Trinajstić information content (AvgIpc) is 2.93. The predicted molar refractivity (Wildman–Crippen MR) is 71.3 cm³/mol. The van der Waals surface area contributed by atoms with E-state index in [4.69, 9.17) is 14.2 Å². The van der Waals surface area contributed by atoms with Crippen LogP contribution >= 0.6 is 11.3 Å². The maximum Gasteiger partial charge on any atom is 0.350 e. The molecule has 0 saturated carbocycles. The molecular formula is C13H19NO4S. The summed E-state index contributed by atoms with van der Waals surface area (Å²) in [5.74, 6) is -0.927. The smallest absolute Gasteiger partial charge is 0.350 e. The minimum atomic E-state index is -0.587. The molecule has 1 unspecified atom stereocenters. The van der Waals surface area contributed by atoms with Crippen LogP contribution in [0.5, 0.6) is 0 Å². The van der Waals surface area contributed by atoms with Crippen molar-refractivity contribution < 1.29 is 19.0 Å². The second-order valence-corrected chi connectivity index (χ2v) is 6.03. The summed E-state index contributed by atoms with van der Waals surface area (Å²) in [6.07, 6.45) is 3.30. The van der Waals surface area contributed by atoms with E-state index in [2.05, 4.69) is 11.9 Å². The summed E-state index contributed by atoms with van der Waals surface area (Å²) < 4.78 is 16.2. The molecule has 0 aromatic carbocycles. The van der Waals surface area contributed by atoms with Crippen LogP contribution in [0.25, 0.3) is 0 Å². The van der Waals surface area contributed by atoms with Gasteiger partial charge < -0.3 is 14.2 Å². The van der Waals surface area contributed by atoms with Gasteiger partial charge in [-0.15, -0.1) is 11.3 Å². The lowest BCUT2D eigenvalue weighted by molar-refractivity contribution is -0.142. The number of thiazole rings is 1. The minimum Gasteiger partial charge on any atom is -0.459 e. The van der Waals surface area contributed by atoms with Crippen molar-refractivity contribution >= 4 is 17.3 Å². The zero-order chi connectivity index (χ0) is 13.9. The summed E-state index contributed by atoms with van der Waals surface area (Å²) in [5, 5.41) is 0.969. The fourth-order valence-corrected chi connectivity index (χ4v) is 2.73. The average molecular weight is 285 g/mol. The molecule has 1 aliphatic heterocycles. The molecule has 0 aliphatic carbocycles. The molecule has 1 aliphatic rings. The van der Waals surface area contributed by atoms with Gasteiger partial charge in [0.25, 0.3) is 0 Å². The molecule has 0 N–H and O–H groups in total. The largest absolute Gasteiger partial charge is 0.459 e. The third-order valence-electron chi connectivity index (χ3n) is 2.69. The number of carbonyl (C=O) groups is 1. The highest BCUT2D eigenvalue weighted by molar-refractivity contribution is 7.13. The molecule has 1 aromatic rings. The zero-order valence-electron chi connectivity index (χ0n) is 11.5. The Hall–Kier alpha value is -0.980. The van der Waals surface area contributed by atoms with Crippen LogP contribution in [0.3, 0.4) is 0 Å². The Morgan fingerprint density at radius 2 is 2.42 bits per heavy atom. The van der Waals surface area contributed by atoms with Crippen molar-refractivity contribution in [3.63, 3.8) is 0 Å². The molecule has 19 heavy (non-hydrogen) atoms. The zero-order valence-corrected chi connectivity index (χ0v) is 12.3. The molecule has 0 bridgehead atoms. The van der Waals surface area contributed by atoms with E-state index in [0.717, 1.165) is 17.8 Å².